The molecule has 2 rings (SSSR count). The number of hydrogen-bond acceptors (Lipinski definition) is 4. The van der Waals surface area contributed by atoms with Crippen molar-refractivity contribution < 1.29 is 4.52 Å². The van der Waals surface area contributed by atoms with E-state index in [0.29, 0.717) is 12.5 Å². The van der Waals surface area contributed by atoms with Crippen molar-refractivity contribution in [1.29, 1.82) is 0 Å². The maximum Gasteiger partial charge on any atom is 0.191 e. The van der Waals surface area contributed by atoms with E-state index in [4.69, 9.17) is 4.52 Å². The molecule has 0 spiro atoms. The molecule has 1 fully saturated rings. The number of aromatic nitrogens is 1. The van der Waals surface area contributed by atoms with Gasteiger partial charge in [-0.15, -0.1) is 0 Å². The highest BCUT2D eigenvalue weighted by atomic mass is 16.5. The maximum absolute atomic E-state index is 5.33. The fourth-order valence-electron chi connectivity index (χ4n) is 2.95. The molecule has 0 aliphatic heterocycles. The van der Waals surface area contributed by atoms with Crippen LogP contribution in [0.2, 0.25) is 0 Å². The first-order chi connectivity index (χ1) is 11.1. The minimum atomic E-state index is 0.385. The third-order valence-electron chi connectivity index (χ3n) is 4.53. The number of nitrogens with one attached hydrogen (secondary N) is 2. The van der Waals surface area contributed by atoms with Gasteiger partial charge in [0.05, 0.1) is 12.2 Å². The predicted octanol–water partition coefficient (Wildman–Crippen LogP) is 2.34. The lowest BCUT2D eigenvalue weighted by atomic mass is 10.1. The van der Waals surface area contributed by atoms with E-state index < -0.39 is 0 Å². The van der Waals surface area contributed by atoms with Crippen LogP contribution in [0.15, 0.2) is 15.6 Å². The molecule has 6 heteroatoms. The molecule has 0 saturated heterocycles. The SMILES string of the molecule is CN=C(NCCN(C)C1CCCC1)NCc1cc(C(C)C)no1. The average Bonchev–Trinajstić information content (AvgIpc) is 3.21. The second-order valence-corrected chi connectivity index (χ2v) is 6.64. The van der Waals surface area contributed by atoms with E-state index in [1.54, 1.807) is 7.05 Å². The summed E-state index contributed by atoms with van der Waals surface area (Å²) >= 11 is 0. The van der Waals surface area contributed by atoms with Crippen LogP contribution in [0.1, 0.15) is 56.9 Å². The third-order valence-corrected chi connectivity index (χ3v) is 4.53. The second kappa shape index (κ2) is 8.91. The minimum Gasteiger partial charge on any atom is -0.359 e. The summed E-state index contributed by atoms with van der Waals surface area (Å²) in [5.74, 6) is 2.02. The standard InChI is InChI=1S/C17H31N5O/c1-13(2)16-11-15(23-21-16)12-20-17(18-3)19-9-10-22(4)14-7-5-6-8-14/h11,13-14H,5-10,12H2,1-4H3,(H2,18,19,20). The van der Waals surface area contributed by atoms with Crippen molar-refractivity contribution in [3.8, 4) is 0 Å². The molecule has 1 aliphatic rings. The van der Waals surface area contributed by atoms with Gasteiger partial charge < -0.3 is 20.1 Å². The molecule has 6 nitrogen and oxygen atoms in total. The van der Waals surface area contributed by atoms with Gasteiger partial charge in [0.15, 0.2) is 11.7 Å². The number of rotatable bonds is 7. The largest absolute Gasteiger partial charge is 0.359 e. The van der Waals surface area contributed by atoms with Crippen molar-refractivity contribution in [2.24, 2.45) is 4.99 Å². The minimum absolute atomic E-state index is 0.385. The summed E-state index contributed by atoms with van der Waals surface area (Å²) in [6.07, 6.45) is 5.43. The predicted molar refractivity (Wildman–Crippen MR) is 93.7 cm³/mol. The van der Waals surface area contributed by atoms with Crippen LogP contribution in [-0.2, 0) is 6.54 Å². The molecule has 1 aromatic heterocycles. The van der Waals surface area contributed by atoms with E-state index in [0.717, 1.165) is 36.5 Å². The van der Waals surface area contributed by atoms with Crippen LogP contribution in [0.25, 0.3) is 0 Å². The van der Waals surface area contributed by atoms with E-state index in [9.17, 15) is 0 Å². The molecular formula is C17H31N5O. The van der Waals surface area contributed by atoms with E-state index in [1.807, 2.05) is 6.07 Å². The zero-order valence-corrected chi connectivity index (χ0v) is 14.9. The molecule has 0 atom stereocenters. The van der Waals surface area contributed by atoms with Crippen LogP contribution in [0.5, 0.6) is 0 Å². The molecule has 0 amide bonds. The summed E-state index contributed by atoms with van der Waals surface area (Å²) in [6.45, 7) is 6.73. The Morgan fingerprint density at radius 1 is 1.39 bits per heavy atom. The number of hydrogen-bond donors (Lipinski definition) is 2. The molecule has 1 aromatic rings. The van der Waals surface area contributed by atoms with Crippen molar-refractivity contribution in [3.63, 3.8) is 0 Å². The number of nitrogens with zero attached hydrogens (tertiary/aromatic N) is 3. The molecule has 1 aliphatic carbocycles. The van der Waals surface area contributed by atoms with Crippen LogP contribution < -0.4 is 10.6 Å². The van der Waals surface area contributed by atoms with Gasteiger partial charge in [0.2, 0.25) is 0 Å². The molecule has 0 radical (unpaired) electrons. The summed E-state index contributed by atoms with van der Waals surface area (Å²) in [5.41, 5.74) is 0.989. The van der Waals surface area contributed by atoms with E-state index >= 15 is 0 Å². The summed E-state index contributed by atoms with van der Waals surface area (Å²) in [5, 5.41) is 10.7. The van der Waals surface area contributed by atoms with E-state index in [2.05, 4.69) is 46.6 Å². The Kier molecular flexibility index (Phi) is 6.89. The lowest BCUT2D eigenvalue weighted by molar-refractivity contribution is 0.249. The first-order valence-electron chi connectivity index (χ1n) is 8.70. The Hall–Kier alpha value is -1.56. The molecule has 0 bridgehead atoms. The van der Waals surface area contributed by atoms with Gasteiger partial charge in [-0.25, -0.2) is 0 Å². The Labute approximate surface area is 139 Å². The van der Waals surface area contributed by atoms with Crippen LogP contribution in [-0.4, -0.2) is 49.2 Å². The summed E-state index contributed by atoms with van der Waals surface area (Å²) in [4.78, 5) is 6.71. The van der Waals surface area contributed by atoms with Crippen molar-refractivity contribution in [1.82, 2.24) is 20.7 Å². The third kappa shape index (κ3) is 5.53. The van der Waals surface area contributed by atoms with Gasteiger partial charge in [-0.2, -0.15) is 0 Å². The normalized spacial score (nSPS) is 16.5. The van der Waals surface area contributed by atoms with Gasteiger partial charge in [-0.05, 0) is 25.8 Å². The van der Waals surface area contributed by atoms with Crippen molar-refractivity contribution in [2.45, 2.75) is 58.0 Å². The summed E-state index contributed by atoms with van der Waals surface area (Å²) in [6, 6.07) is 2.76. The zero-order valence-electron chi connectivity index (χ0n) is 14.9. The van der Waals surface area contributed by atoms with Gasteiger partial charge in [0, 0.05) is 32.2 Å². The first-order valence-corrected chi connectivity index (χ1v) is 8.70. The van der Waals surface area contributed by atoms with E-state index in [1.165, 1.54) is 25.7 Å². The Morgan fingerprint density at radius 2 is 2.13 bits per heavy atom. The average molecular weight is 321 g/mol. The molecule has 1 heterocycles. The fraction of sp³-hybridized carbons (Fsp3) is 0.765. The molecule has 23 heavy (non-hydrogen) atoms. The van der Waals surface area contributed by atoms with Gasteiger partial charge >= 0.3 is 0 Å². The highest BCUT2D eigenvalue weighted by molar-refractivity contribution is 5.79. The Bertz CT molecular complexity index is 491. The van der Waals surface area contributed by atoms with Crippen molar-refractivity contribution >= 4 is 5.96 Å². The zero-order chi connectivity index (χ0) is 16.7. The van der Waals surface area contributed by atoms with Gasteiger partial charge in [0.25, 0.3) is 0 Å². The lowest BCUT2D eigenvalue weighted by Gasteiger charge is -2.24. The number of guanidine groups is 1. The molecule has 0 unspecified atom stereocenters. The first kappa shape index (κ1) is 17.8. The van der Waals surface area contributed by atoms with Crippen LogP contribution >= 0.6 is 0 Å². The fourth-order valence-corrected chi connectivity index (χ4v) is 2.95. The monoisotopic (exact) mass is 321 g/mol. The smallest absolute Gasteiger partial charge is 0.191 e. The number of aliphatic imine (C=N–C) groups is 1. The van der Waals surface area contributed by atoms with Crippen molar-refractivity contribution in [2.75, 3.05) is 27.2 Å². The highest BCUT2D eigenvalue weighted by Crippen LogP contribution is 2.21. The van der Waals surface area contributed by atoms with Crippen LogP contribution in [0, 0.1) is 0 Å². The molecule has 0 aromatic carbocycles. The quantitative estimate of drug-likeness (QED) is 0.596. The Morgan fingerprint density at radius 3 is 2.74 bits per heavy atom. The highest BCUT2D eigenvalue weighted by Gasteiger charge is 2.18. The Balaban J connectivity index is 1.68. The summed E-state index contributed by atoms with van der Waals surface area (Å²) in [7, 11) is 4.01. The van der Waals surface area contributed by atoms with E-state index in [-0.39, 0.29) is 0 Å². The number of likely N-dealkylation sites (N-methyl/N-ethyl adjacent to an activating group) is 1. The van der Waals surface area contributed by atoms with Crippen molar-refractivity contribution in [3.05, 3.63) is 17.5 Å². The lowest BCUT2D eigenvalue weighted by Crippen LogP contribution is -2.42. The molecule has 130 valence electrons. The molecule has 1 saturated carbocycles. The molecular weight excluding hydrogens is 290 g/mol. The second-order valence-electron chi connectivity index (χ2n) is 6.64. The van der Waals surface area contributed by atoms with Crippen LogP contribution in [0.4, 0.5) is 0 Å². The van der Waals surface area contributed by atoms with Gasteiger partial charge in [-0.3, -0.25) is 4.99 Å². The molecule has 2 N–H and O–H groups in total. The van der Waals surface area contributed by atoms with Crippen LogP contribution in [0.3, 0.4) is 0 Å². The topological polar surface area (TPSA) is 65.7 Å². The van der Waals surface area contributed by atoms with Gasteiger partial charge in [0.1, 0.15) is 0 Å². The van der Waals surface area contributed by atoms with Gasteiger partial charge in [-0.1, -0.05) is 31.8 Å². The summed E-state index contributed by atoms with van der Waals surface area (Å²) < 4.78 is 5.33. The maximum atomic E-state index is 5.33.